The predicted octanol–water partition coefficient (Wildman–Crippen LogP) is 2.72. The van der Waals surface area contributed by atoms with Gasteiger partial charge in [0.05, 0.1) is 5.56 Å². The van der Waals surface area contributed by atoms with Crippen LogP contribution in [0.4, 0.5) is 5.69 Å². The minimum Gasteiger partial charge on any atom is -0.449 e. The molecule has 2 aromatic rings. The minimum atomic E-state index is -0.886. The van der Waals surface area contributed by atoms with E-state index in [0.717, 1.165) is 17.7 Å². The van der Waals surface area contributed by atoms with Gasteiger partial charge in [0, 0.05) is 25.2 Å². The fraction of sp³-hybridized carbons (Fsp3) is 0.318. The van der Waals surface area contributed by atoms with Gasteiger partial charge in [-0.1, -0.05) is 30.3 Å². The molecule has 1 aliphatic rings. The zero-order chi connectivity index (χ0) is 19.9. The molecule has 0 aromatic heterocycles. The van der Waals surface area contributed by atoms with Gasteiger partial charge in [-0.05, 0) is 49.6 Å². The highest BCUT2D eigenvalue weighted by Crippen LogP contribution is 2.21. The molecule has 2 aromatic carbocycles. The van der Waals surface area contributed by atoms with E-state index in [1.165, 1.54) is 0 Å². The Morgan fingerprint density at radius 3 is 2.46 bits per heavy atom. The molecule has 3 rings (SSSR count). The lowest BCUT2D eigenvalue weighted by atomic mass is 10.1. The number of ether oxygens (including phenoxy) is 1. The number of anilines is 1. The number of esters is 1. The zero-order valence-electron chi connectivity index (χ0n) is 15.9. The summed E-state index contributed by atoms with van der Waals surface area (Å²) in [5, 5.41) is 2.78. The van der Waals surface area contributed by atoms with Gasteiger partial charge in [-0.2, -0.15) is 0 Å². The van der Waals surface area contributed by atoms with Gasteiger partial charge in [-0.3, -0.25) is 9.59 Å². The van der Waals surface area contributed by atoms with Crippen molar-refractivity contribution in [3.8, 4) is 0 Å². The maximum atomic E-state index is 12.3. The highest BCUT2D eigenvalue weighted by molar-refractivity contribution is 5.96. The maximum Gasteiger partial charge on any atom is 0.338 e. The lowest BCUT2D eigenvalue weighted by molar-refractivity contribution is -0.129. The molecule has 2 amide bonds. The van der Waals surface area contributed by atoms with Crippen LogP contribution >= 0.6 is 0 Å². The number of hydrogen-bond donors (Lipinski definition) is 1. The molecule has 6 heteroatoms. The van der Waals surface area contributed by atoms with E-state index in [-0.39, 0.29) is 11.8 Å². The van der Waals surface area contributed by atoms with Crippen LogP contribution in [-0.4, -0.2) is 37.0 Å². The first-order valence-electron chi connectivity index (χ1n) is 9.47. The van der Waals surface area contributed by atoms with Crippen LogP contribution in [0.5, 0.6) is 0 Å². The predicted molar refractivity (Wildman–Crippen MR) is 106 cm³/mol. The molecule has 0 spiro atoms. The van der Waals surface area contributed by atoms with Crippen LogP contribution < -0.4 is 10.2 Å². The Bertz CT molecular complexity index is 833. The number of carbonyl (C=O) groups is 3. The molecule has 146 valence electrons. The second-order valence-electron chi connectivity index (χ2n) is 6.77. The van der Waals surface area contributed by atoms with E-state index in [9.17, 15) is 14.4 Å². The summed E-state index contributed by atoms with van der Waals surface area (Å²) in [6.07, 6.45) is 1.23. The molecule has 1 aliphatic heterocycles. The van der Waals surface area contributed by atoms with Crippen molar-refractivity contribution in [2.75, 3.05) is 18.0 Å². The Balaban J connectivity index is 1.47. The maximum absolute atomic E-state index is 12.3. The highest BCUT2D eigenvalue weighted by atomic mass is 16.5. The van der Waals surface area contributed by atoms with Crippen molar-refractivity contribution >= 4 is 23.5 Å². The molecule has 0 bridgehead atoms. The molecular formula is C22H24N2O4. The number of benzene rings is 2. The molecule has 0 radical (unpaired) electrons. The van der Waals surface area contributed by atoms with Crippen LogP contribution in [0, 0.1) is 0 Å². The number of nitrogens with one attached hydrogen (secondary N) is 1. The van der Waals surface area contributed by atoms with E-state index in [1.54, 1.807) is 36.1 Å². The number of rotatable bonds is 7. The van der Waals surface area contributed by atoms with Crippen molar-refractivity contribution in [1.29, 1.82) is 0 Å². The molecule has 0 aliphatic carbocycles. The lowest BCUT2D eigenvalue weighted by Gasteiger charge is -2.16. The molecule has 1 fully saturated rings. The van der Waals surface area contributed by atoms with Crippen LogP contribution in [0.15, 0.2) is 54.6 Å². The number of nitrogens with zero attached hydrogens (tertiary/aromatic N) is 1. The zero-order valence-corrected chi connectivity index (χ0v) is 15.9. The van der Waals surface area contributed by atoms with Gasteiger partial charge in [0.15, 0.2) is 6.10 Å². The first-order chi connectivity index (χ1) is 13.5. The van der Waals surface area contributed by atoms with Crippen molar-refractivity contribution in [2.45, 2.75) is 32.3 Å². The van der Waals surface area contributed by atoms with Gasteiger partial charge in [-0.15, -0.1) is 0 Å². The van der Waals surface area contributed by atoms with Crippen molar-refractivity contribution in [3.05, 3.63) is 65.7 Å². The summed E-state index contributed by atoms with van der Waals surface area (Å²) in [6, 6.07) is 16.5. The van der Waals surface area contributed by atoms with E-state index >= 15 is 0 Å². The average molecular weight is 380 g/mol. The summed E-state index contributed by atoms with van der Waals surface area (Å²) in [4.78, 5) is 37.9. The monoisotopic (exact) mass is 380 g/mol. The van der Waals surface area contributed by atoms with Gasteiger partial charge in [0.2, 0.25) is 5.91 Å². The van der Waals surface area contributed by atoms with Crippen molar-refractivity contribution in [3.63, 3.8) is 0 Å². The fourth-order valence-electron chi connectivity index (χ4n) is 3.10. The van der Waals surface area contributed by atoms with E-state index in [1.807, 2.05) is 30.3 Å². The van der Waals surface area contributed by atoms with Crippen molar-refractivity contribution in [1.82, 2.24) is 5.32 Å². The standard InChI is InChI=1S/C22H24N2O4/c1-16(21(26)23-14-13-17-6-3-2-4-7-17)28-22(27)18-9-11-19(12-10-18)24-15-5-8-20(24)25/h2-4,6-7,9-12,16H,5,8,13-15H2,1H3,(H,23,26)/t16-/m1/s1. The summed E-state index contributed by atoms with van der Waals surface area (Å²) in [5.41, 5.74) is 2.24. The Hall–Kier alpha value is -3.15. The fourth-order valence-corrected chi connectivity index (χ4v) is 3.10. The Kier molecular flexibility index (Phi) is 6.42. The summed E-state index contributed by atoms with van der Waals surface area (Å²) >= 11 is 0. The Morgan fingerprint density at radius 1 is 1.11 bits per heavy atom. The number of carbonyl (C=O) groups excluding carboxylic acids is 3. The molecule has 1 atom stereocenters. The summed E-state index contributed by atoms with van der Waals surface area (Å²) in [7, 11) is 0. The van der Waals surface area contributed by atoms with E-state index in [4.69, 9.17) is 4.74 Å². The average Bonchev–Trinajstić information content (AvgIpc) is 3.14. The number of amides is 2. The molecule has 0 unspecified atom stereocenters. The second kappa shape index (κ2) is 9.17. The minimum absolute atomic E-state index is 0.0936. The van der Waals surface area contributed by atoms with Crippen LogP contribution in [0.1, 0.15) is 35.7 Å². The highest BCUT2D eigenvalue weighted by Gasteiger charge is 2.22. The number of hydrogen-bond acceptors (Lipinski definition) is 4. The topological polar surface area (TPSA) is 75.7 Å². The van der Waals surface area contributed by atoms with Crippen LogP contribution in [0.2, 0.25) is 0 Å². The van der Waals surface area contributed by atoms with E-state index < -0.39 is 12.1 Å². The molecule has 1 N–H and O–H groups in total. The van der Waals surface area contributed by atoms with Gasteiger partial charge < -0.3 is 15.0 Å². The molecular weight excluding hydrogens is 356 g/mol. The Labute approximate surface area is 164 Å². The molecule has 0 saturated carbocycles. The molecule has 1 heterocycles. The summed E-state index contributed by atoms with van der Waals surface area (Å²) in [6.45, 7) is 2.72. The third-order valence-corrected chi connectivity index (χ3v) is 4.70. The summed E-state index contributed by atoms with van der Waals surface area (Å²) < 4.78 is 5.26. The first kappa shape index (κ1) is 19.6. The van der Waals surface area contributed by atoms with Gasteiger partial charge >= 0.3 is 5.97 Å². The van der Waals surface area contributed by atoms with Crippen molar-refractivity contribution in [2.24, 2.45) is 0 Å². The van der Waals surface area contributed by atoms with E-state index in [0.29, 0.717) is 31.5 Å². The van der Waals surface area contributed by atoms with Gasteiger partial charge in [0.25, 0.3) is 5.91 Å². The third kappa shape index (κ3) is 4.97. The molecule has 6 nitrogen and oxygen atoms in total. The smallest absolute Gasteiger partial charge is 0.338 e. The third-order valence-electron chi connectivity index (χ3n) is 4.70. The second-order valence-corrected chi connectivity index (χ2v) is 6.77. The summed E-state index contributed by atoms with van der Waals surface area (Å²) in [5.74, 6) is -0.801. The van der Waals surface area contributed by atoms with Gasteiger partial charge in [-0.25, -0.2) is 4.79 Å². The van der Waals surface area contributed by atoms with Crippen molar-refractivity contribution < 1.29 is 19.1 Å². The SMILES string of the molecule is C[C@@H](OC(=O)c1ccc(N2CCCC2=O)cc1)C(=O)NCCc1ccccc1. The molecule has 1 saturated heterocycles. The largest absolute Gasteiger partial charge is 0.449 e. The van der Waals surface area contributed by atoms with Crippen LogP contribution in [0.25, 0.3) is 0 Å². The quantitative estimate of drug-likeness (QED) is 0.750. The normalized spacial score (nSPS) is 14.6. The van der Waals surface area contributed by atoms with Crippen LogP contribution in [-0.2, 0) is 20.7 Å². The van der Waals surface area contributed by atoms with Crippen LogP contribution in [0.3, 0.4) is 0 Å². The first-order valence-corrected chi connectivity index (χ1v) is 9.47. The van der Waals surface area contributed by atoms with Gasteiger partial charge in [0.1, 0.15) is 0 Å². The van der Waals surface area contributed by atoms with E-state index in [2.05, 4.69) is 5.32 Å². The molecule has 28 heavy (non-hydrogen) atoms. The Morgan fingerprint density at radius 2 is 1.82 bits per heavy atom. The lowest BCUT2D eigenvalue weighted by Crippen LogP contribution is -2.36.